The van der Waals surface area contributed by atoms with Gasteiger partial charge < -0.3 is 9.84 Å². The van der Waals surface area contributed by atoms with E-state index in [1.54, 1.807) is 48.5 Å². The topological polar surface area (TPSA) is 79.7 Å². The number of thiazole rings is 1. The lowest BCUT2D eigenvalue weighted by Crippen LogP contribution is -2.29. The number of nitrogens with zero attached hydrogens (tertiary/aromatic N) is 2. The molecule has 1 aliphatic rings. The number of carbonyl (C=O) groups is 2. The van der Waals surface area contributed by atoms with E-state index in [2.05, 4.69) is 4.98 Å². The van der Waals surface area contributed by atoms with Crippen LogP contribution in [0, 0.1) is 0 Å². The highest BCUT2D eigenvalue weighted by Gasteiger charge is 2.48. The molecular weight excluding hydrogens is 472 g/mol. The van der Waals surface area contributed by atoms with Gasteiger partial charge in [-0.3, -0.25) is 14.5 Å². The molecule has 1 aliphatic heterocycles. The summed E-state index contributed by atoms with van der Waals surface area (Å²) in [6.07, 6.45) is 0. The predicted octanol–water partition coefficient (Wildman–Crippen LogP) is 5.97. The zero-order valence-electron chi connectivity index (χ0n) is 18.1. The molecule has 0 bridgehead atoms. The standard InChI is InChI=1S/C26H19ClN2O4S/c1-2-33-18-12-13-19-20(14-18)34-26(28-19)29-22(15-8-10-17(27)11-9-15)21(24(31)25(29)32)23(30)16-6-4-3-5-7-16/h3-14,22,30H,2H2,1H3/b23-21-. The largest absolute Gasteiger partial charge is 0.507 e. The van der Waals surface area contributed by atoms with Gasteiger partial charge >= 0.3 is 5.91 Å². The van der Waals surface area contributed by atoms with Crippen LogP contribution in [-0.4, -0.2) is 28.4 Å². The normalized spacial score (nSPS) is 17.5. The van der Waals surface area contributed by atoms with Crippen LogP contribution in [0.3, 0.4) is 0 Å². The lowest BCUT2D eigenvalue weighted by atomic mass is 9.95. The quantitative estimate of drug-likeness (QED) is 0.211. The van der Waals surface area contributed by atoms with Crippen molar-refractivity contribution in [1.82, 2.24) is 4.98 Å². The number of aromatic nitrogens is 1. The van der Waals surface area contributed by atoms with Gasteiger partial charge in [0.2, 0.25) is 0 Å². The minimum Gasteiger partial charge on any atom is -0.507 e. The van der Waals surface area contributed by atoms with Crippen LogP contribution >= 0.6 is 22.9 Å². The monoisotopic (exact) mass is 490 g/mol. The molecule has 1 aromatic heterocycles. The summed E-state index contributed by atoms with van der Waals surface area (Å²) in [6.45, 7) is 2.43. The summed E-state index contributed by atoms with van der Waals surface area (Å²) in [5.74, 6) is -1.05. The maximum atomic E-state index is 13.3. The molecule has 1 unspecified atom stereocenters. The van der Waals surface area contributed by atoms with Crippen molar-refractivity contribution >= 4 is 55.7 Å². The number of ether oxygens (including phenoxy) is 1. The van der Waals surface area contributed by atoms with Crippen molar-refractivity contribution in [3.8, 4) is 5.75 Å². The maximum Gasteiger partial charge on any atom is 0.301 e. The van der Waals surface area contributed by atoms with Crippen molar-refractivity contribution in [1.29, 1.82) is 0 Å². The fourth-order valence-electron chi connectivity index (χ4n) is 3.99. The van der Waals surface area contributed by atoms with Crippen molar-refractivity contribution in [3.63, 3.8) is 0 Å². The van der Waals surface area contributed by atoms with E-state index < -0.39 is 17.7 Å². The van der Waals surface area contributed by atoms with E-state index in [4.69, 9.17) is 16.3 Å². The Balaban J connectivity index is 1.69. The number of hydrogen-bond acceptors (Lipinski definition) is 6. The van der Waals surface area contributed by atoms with Crippen LogP contribution in [0.25, 0.3) is 16.0 Å². The summed E-state index contributed by atoms with van der Waals surface area (Å²) in [5, 5.41) is 12.0. The van der Waals surface area contributed by atoms with Crippen molar-refractivity contribution in [2.45, 2.75) is 13.0 Å². The van der Waals surface area contributed by atoms with Gasteiger partial charge in [-0.05, 0) is 42.8 Å². The molecule has 0 aliphatic carbocycles. The summed E-state index contributed by atoms with van der Waals surface area (Å²) in [4.78, 5) is 32.5. The number of ketones is 1. The summed E-state index contributed by atoms with van der Waals surface area (Å²) >= 11 is 7.37. The summed E-state index contributed by atoms with van der Waals surface area (Å²) in [5.41, 5.74) is 1.77. The lowest BCUT2D eigenvalue weighted by Gasteiger charge is -2.23. The van der Waals surface area contributed by atoms with Crippen molar-refractivity contribution < 1.29 is 19.4 Å². The Morgan fingerprint density at radius 2 is 1.82 bits per heavy atom. The Bertz CT molecular complexity index is 1430. The molecule has 4 aromatic rings. The van der Waals surface area contributed by atoms with Crippen LogP contribution in [0.1, 0.15) is 24.1 Å². The molecule has 2 heterocycles. The lowest BCUT2D eigenvalue weighted by molar-refractivity contribution is -0.132. The first-order valence-electron chi connectivity index (χ1n) is 10.6. The molecular formula is C26H19ClN2O4S. The van der Waals surface area contributed by atoms with E-state index in [1.807, 2.05) is 31.2 Å². The number of benzene rings is 3. The SMILES string of the molecule is CCOc1ccc2nc(N3C(=O)C(=O)/C(=C(\O)c4ccccc4)C3c3ccc(Cl)cc3)sc2c1. The van der Waals surface area contributed by atoms with Gasteiger partial charge in [-0.2, -0.15) is 0 Å². The van der Waals surface area contributed by atoms with Crippen molar-refractivity contribution in [2.75, 3.05) is 11.5 Å². The summed E-state index contributed by atoms with van der Waals surface area (Å²) in [7, 11) is 0. The molecule has 1 amide bonds. The molecule has 1 N–H and O–H groups in total. The minimum absolute atomic E-state index is 0.00721. The third-order valence-corrected chi connectivity index (χ3v) is 6.81. The van der Waals surface area contributed by atoms with Gasteiger partial charge in [0.1, 0.15) is 11.5 Å². The van der Waals surface area contributed by atoms with Crippen LogP contribution in [0.4, 0.5) is 5.13 Å². The number of fused-ring (bicyclic) bond motifs is 1. The van der Waals surface area contributed by atoms with Gasteiger partial charge in [-0.1, -0.05) is 65.4 Å². The number of hydrogen-bond donors (Lipinski definition) is 1. The first-order chi connectivity index (χ1) is 16.5. The van der Waals surface area contributed by atoms with E-state index >= 15 is 0 Å². The van der Waals surface area contributed by atoms with Crippen LogP contribution < -0.4 is 9.64 Å². The fourth-order valence-corrected chi connectivity index (χ4v) is 5.14. The first kappa shape index (κ1) is 22.1. The number of amides is 1. The molecule has 0 radical (unpaired) electrons. The Morgan fingerprint density at radius 1 is 1.09 bits per heavy atom. The van der Waals surface area contributed by atoms with E-state index in [0.717, 1.165) is 4.70 Å². The van der Waals surface area contributed by atoms with E-state index in [-0.39, 0.29) is 11.3 Å². The smallest absolute Gasteiger partial charge is 0.301 e. The number of Topliss-reactive ketones (excluding diaryl/α,β-unsaturated/α-hetero) is 1. The Hall–Kier alpha value is -3.68. The number of aliphatic hydroxyl groups is 1. The molecule has 170 valence electrons. The first-order valence-corrected chi connectivity index (χ1v) is 11.8. The van der Waals surface area contributed by atoms with Gasteiger partial charge in [0.15, 0.2) is 5.13 Å². The van der Waals surface area contributed by atoms with E-state index in [9.17, 15) is 14.7 Å². The van der Waals surface area contributed by atoms with Gasteiger partial charge in [0.25, 0.3) is 5.78 Å². The second-order valence-electron chi connectivity index (χ2n) is 7.65. The molecule has 8 heteroatoms. The molecule has 1 atom stereocenters. The fraction of sp³-hybridized carbons (Fsp3) is 0.115. The maximum absolute atomic E-state index is 13.3. The van der Waals surface area contributed by atoms with E-state index in [1.165, 1.54) is 16.2 Å². The molecule has 5 rings (SSSR count). The average molecular weight is 491 g/mol. The molecule has 0 saturated carbocycles. The Kier molecular flexibility index (Phi) is 5.81. The average Bonchev–Trinajstić information content (AvgIpc) is 3.38. The molecule has 6 nitrogen and oxygen atoms in total. The van der Waals surface area contributed by atoms with Crippen LogP contribution in [0.5, 0.6) is 5.75 Å². The van der Waals surface area contributed by atoms with Crippen molar-refractivity contribution in [3.05, 3.63) is 94.5 Å². The number of aliphatic hydroxyl groups excluding tert-OH is 1. The number of halogens is 1. The highest BCUT2D eigenvalue weighted by atomic mass is 35.5. The molecule has 1 fully saturated rings. The predicted molar refractivity (Wildman–Crippen MR) is 133 cm³/mol. The van der Waals surface area contributed by atoms with Gasteiger partial charge in [-0.15, -0.1) is 0 Å². The van der Waals surface area contributed by atoms with Crippen LogP contribution in [0.2, 0.25) is 5.02 Å². The van der Waals surface area contributed by atoms with Gasteiger partial charge in [0, 0.05) is 10.6 Å². The van der Waals surface area contributed by atoms with Crippen LogP contribution in [0.15, 0.2) is 78.4 Å². The zero-order valence-corrected chi connectivity index (χ0v) is 19.6. The molecule has 1 saturated heterocycles. The third kappa shape index (κ3) is 3.83. The summed E-state index contributed by atoms with van der Waals surface area (Å²) < 4.78 is 6.40. The highest BCUT2D eigenvalue weighted by molar-refractivity contribution is 7.22. The number of rotatable bonds is 5. The molecule has 34 heavy (non-hydrogen) atoms. The number of carbonyl (C=O) groups excluding carboxylic acids is 2. The molecule has 0 spiro atoms. The highest BCUT2D eigenvalue weighted by Crippen LogP contribution is 2.44. The second kappa shape index (κ2) is 8.93. The minimum atomic E-state index is -0.857. The van der Waals surface area contributed by atoms with Crippen LogP contribution in [-0.2, 0) is 9.59 Å². The second-order valence-corrected chi connectivity index (χ2v) is 9.09. The zero-order chi connectivity index (χ0) is 23.8. The van der Waals surface area contributed by atoms with E-state index in [0.29, 0.717) is 39.2 Å². The van der Waals surface area contributed by atoms with Gasteiger partial charge in [0.05, 0.1) is 28.4 Å². The molecule has 3 aromatic carbocycles. The Labute approximate surface area is 204 Å². The van der Waals surface area contributed by atoms with Gasteiger partial charge in [-0.25, -0.2) is 4.98 Å². The third-order valence-electron chi connectivity index (χ3n) is 5.54. The van der Waals surface area contributed by atoms with Crippen molar-refractivity contribution in [2.24, 2.45) is 0 Å². The summed E-state index contributed by atoms with van der Waals surface area (Å²) in [6, 6.07) is 20.2. The Morgan fingerprint density at radius 3 is 2.53 bits per heavy atom. The number of anilines is 1.